The Labute approximate surface area is 159 Å². The van der Waals surface area contributed by atoms with Crippen LogP contribution in [0.25, 0.3) is 0 Å². The first kappa shape index (κ1) is 20.4. The smallest absolute Gasteiger partial charge is 0.194 e. The normalized spacial score (nSPS) is 13.6. The van der Waals surface area contributed by atoms with Crippen LogP contribution in [-0.4, -0.2) is 23.9 Å². The SMILES string of the molecule is Cc1ccc(CO[PH](=O)C[C@H](O)CNCc2ccc(Cl)c(Cl)c2)cc1. The van der Waals surface area contributed by atoms with Gasteiger partial charge in [0.2, 0.25) is 0 Å². The van der Waals surface area contributed by atoms with Gasteiger partial charge in [0.05, 0.1) is 22.8 Å². The van der Waals surface area contributed by atoms with Gasteiger partial charge < -0.3 is 14.9 Å². The lowest BCUT2D eigenvalue weighted by Crippen LogP contribution is -2.28. The van der Waals surface area contributed by atoms with Crippen LogP contribution in [0.1, 0.15) is 16.7 Å². The Bertz CT molecular complexity index is 710. The maximum atomic E-state index is 12.0. The van der Waals surface area contributed by atoms with Crippen molar-refractivity contribution in [2.45, 2.75) is 26.2 Å². The lowest BCUT2D eigenvalue weighted by atomic mass is 10.2. The average molecular weight is 402 g/mol. The zero-order valence-electron chi connectivity index (χ0n) is 14.0. The standard InChI is InChI=1S/C18H22Cl2NO3P/c1-13-2-4-14(5-3-13)11-24-25(23)12-16(22)10-21-9-15-6-7-17(19)18(20)8-15/h2-8,16,21-22,25H,9-12H2,1H3/t16-/m1/s1. The van der Waals surface area contributed by atoms with E-state index in [1.165, 1.54) is 5.56 Å². The van der Waals surface area contributed by atoms with Gasteiger partial charge in [-0.05, 0) is 30.2 Å². The van der Waals surface area contributed by atoms with Gasteiger partial charge in [-0.15, -0.1) is 0 Å². The van der Waals surface area contributed by atoms with Crippen molar-refractivity contribution in [2.24, 2.45) is 0 Å². The molecule has 7 heteroatoms. The molecule has 4 nitrogen and oxygen atoms in total. The number of benzene rings is 2. The fourth-order valence-electron chi connectivity index (χ4n) is 2.20. The molecule has 0 aromatic heterocycles. The Morgan fingerprint density at radius 2 is 1.80 bits per heavy atom. The number of rotatable bonds is 9. The Balaban J connectivity index is 1.66. The molecule has 0 saturated heterocycles. The predicted octanol–water partition coefficient (Wildman–Crippen LogP) is 4.44. The molecule has 1 unspecified atom stereocenters. The highest BCUT2D eigenvalue weighted by Crippen LogP contribution is 2.25. The minimum atomic E-state index is -2.28. The van der Waals surface area contributed by atoms with Crippen molar-refractivity contribution in [1.82, 2.24) is 5.32 Å². The van der Waals surface area contributed by atoms with Crippen molar-refractivity contribution in [3.63, 3.8) is 0 Å². The molecule has 2 N–H and O–H groups in total. The topological polar surface area (TPSA) is 58.6 Å². The quantitative estimate of drug-likeness (QED) is 0.609. The first-order chi connectivity index (χ1) is 11.9. The van der Waals surface area contributed by atoms with E-state index in [0.717, 1.165) is 11.1 Å². The molecule has 2 aromatic carbocycles. The van der Waals surface area contributed by atoms with Gasteiger partial charge in [0.15, 0.2) is 8.03 Å². The lowest BCUT2D eigenvalue weighted by Gasteiger charge is -2.12. The molecule has 2 aromatic rings. The van der Waals surface area contributed by atoms with Crippen LogP contribution in [-0.2, 0) is 22.2 Å². The highest BCUT2D eigenvalue weighted by Gasteiger charge is 2.10. The molecular weight excluding hydrogens is 380 g/mol. The van der Waals surface area contributed by atoms with Crippen molar-refractivity contribution in [3.8, 4) is 0 Å². The third-order valence-corrected chi connectivity index (χ3v) is 5.63. The van der Waals surface area contributed by atoms with E-state index in [2.05, 4.69) is 5.32 Å². The molecule has 2 rings (SSSR count). The van der Waals surface area contributed by atoms with Crippen LogP contribution in [0, 0.1) is 6.92 Å². The summed E-state index contributed by atoms with van der Waals surface area (Å²) in [6.45, 7) is 3.17. The first-order valence-electron chi connectivity index (χ1n) is 7.98. The summed E-state index contributed by atoms with van der Waals surface area (Å²) < 4.78 is 17.3. The number of hydrogen-bond donors (Lipinski definition) is 2. The number of aryl methyl sites for hydroxylation is 1. The van der Waals surface area contributed by atoms with Crippen molar-refractivity contribution in [1.29, 1.82) is 0 Å². The van der Waals surface area contributed by atoms with Crippen LogP contribution in [0.5, 0.6) is 0 Å². The molecule has 0 aliphatic heterocycles. The molecule has 0 fully saturated rings. The Hall–Kier alpha value is -0.870. The minimum absolute atomic E-state index is 0.130. The summed E-state index contributed by atoms with van der Waals surface area (Å²) in [6, 6.07) is 13.2. The molecule has 0 aliphatic carbocycles. The van der Waals surface area contributed by atoms with E-state index in [9.17, 15) is 9.67 Å². The summed E-state index contributed by atoms with van der Waals surface area (Å²) in [5.74, 6) is 0. The van der Waals surface area contributed by atoms with Crippen molar-refractivity contribution >= 4 is 31.2 Å². The summed E-state index contributed by atoms with van der Waals surface area (Å²) >= 11 is 11.8. The number of aliphatic hydroxyl groups is 1. The molecule has 0 amide bonds. The van der Waals surface area contributed by atoms with Crippen molar-refractivity contribution in [3.05, 3.63) is 69.2 Å². The second-order valence-corrected chi connectivity index (χ2v) is 8.14. The second kappa shape index (κ2) is 10.3. The van der Waals surface area contributed by atoms with E-state index in [0.29, 0.717) is 29.7 Å². The fourth-order valence-corrected chi connectivity index (χ4v) is 3.50. The lowest BCUT2D eigenvalue weighted by molar-refractivity contribution is 0.188. The van der Waals surface area contributed by atoms with E-state index in [-0.39, 0.29) is 6.16 Å². The highest BCUT2D eigenvalue weighted by molar-refractivity contribution is 7.39. The maximum absolute atomic E-state index is 12.0. The van der Waals surface area contributed by atoms with Gasteiger partial charge in [-0.3, -0.25) is 4.57 Å². The van der Waals surface area contributed by atoms with E-state index in [1.807, 2.05) is 37.3 Å². The predicted molar refractivity (Wildman–Crippen MR) is 104 cm³/mol. The largest absolute Gasteiger partial charge is 0.391 e. The molecule has 0 heterocycles. The van der Waals surface area contributed by atoms with Gasteiger partial charge >= 0.3 is 0 Å². The summed E-state index contributed by atoms with van der Waals surface area (Å²) in [4.78, 5) is 0. The summed E-state index contributed by atoms with van der Waals surface area (Å²) in [7, 11) is -2.28. The second-order valence-electron chi connectivity index (χ2n) is 5.88. The number of halogens is 2. The molecule has 2 atom stereocenters. The molecule has 136 valence electrons. The van der Waals surface area contributed by atoms with Gasteiger partial charge in [0, 0.05) is 19.3 Å². The number of nitrogens with one attached hydrogen (secondary N) is 1. The molecule has 0 bridgehead atoms. The third-order valence-electron chi connectivity index (χ3n) is 3.62. The molecule has 25 heavy (non-hydrogen) atoms. The monoisotopic (exact) mass is 401 g/mol. The summed E-state index contributed by atoms with van der Waals surface area (Å²) in [6.07, 6.45) is -0.600. The van der Waals surface area contributed by atoms with Crippen molar-refractivity contribution in [2.75, 3.05) is 12.7 Å². The van der Waals surface area contributed by atoms with E-state index >= 15 is 0 Å². The number of hydrogen-bond acceptors (Lipinski definition) is 4. The van der Waals surface area contributed by atoms with Crippen LogP contribution in [0.4, 0.5) is 0 Å². The first-order valence-corrected chi connectivity index (χ1v) is 10.3. The van der Waals surface area contributed by atoms with Gasteiger partial charge in [-0.1, -0.05) is 59.1 Å². The third kappa shape index (κ3) is 7.49. The molecular formula is C18H22Cl2NO3P. The van der Waals surface area contributed by atoms with E-state index in [1.54, 1.807) is 12.1 Å². The zero-order valence-corrected chi connectivity index (χ0v) is 16.5. The molecule has 0 spiro atoms. The Morgan fingerprint density at radius 1 is 1.12 bits per heavy atom. The molecule has 0 saturated carbocycles. The highest BCUT2D eigenvalue weighted by atomic mass is 35.5. The summed E-state index contributed by atoms with van der Waals surface area (Å²) in [5, 5.41) is 14.1. The van der Waals surface area contributed by atoms with Crippen molar-refractivity contribution < 1.29 is 14.2 Å². The van der Waals surface area contributed by atoms with Crippen LogP contribution < -0.4 is 5.32 Å². The van der Waals surface area contributed by atoms with E-state index < -0.39 is 14.1 Å². The average Bonchev–Trinajstić information content (AvgIpc) is 2.57. The minimum Gasteiger partial charge on any atom is -0.391 e. The zero-order chi connectivity index (χ0) is 18.2. The number of aliphatic hydroxyl groups excluding tert-OH is 1. The van der Waals surface area contributed by atoms with Crippen LogP contribution in [0.2, 0.25) is 10.0 Å². The molecule has 0 aliphatic rings. The summed E-state index contributed by atoms with van der Waals surface area (Å²) in [5.41, 5.74) is 3.10. The maximum Gasteiger partial charge on any atom is 0.194 e. The Kier molecular flexibility index (Phi) is 8.44. The van der Waals surface area contributed by atoms with Gasteiger partial charge in [-0.25, -0.2) is 0 Å². The van der Waals surface area contributed by atoms with Crippen LogP contribution in [0.3, 0.4) is 0 Å². The van der Waals surface area contributed by atoms with Gasteiger partial charge in [0.1, 0.15) is 0 Å². The van der Waals surface area contributed by atoms with E-state index in [4.69, 9.17) is 27.7 Å². The van der Waals surface area contributed by atoms with Crippen LogP contribution >= 0.6 is 31.2 Å². The molecule has 0 radical (unpaired) electrons. The fraction of sp³-hybridized carbons (Fsp3) is 0.333. The van der Waals surface area contributed by atoms with Gasteiger partial charge in [0.25, 0.3) is 0 Å². The Morgan fingerprint density at radius 3 is 2.48 bits per heavy atom. The van der Waals surface area contributed by atoms with Crippen LogP contribution in [0.15, 0.2) is 42.5 Å². The van der Waals surface area contributed by atoms with Gasteiger partial charge in [-0.2, -0.15) is 0 Å².